The molecule has 2 aromatic carbocycles. The number of carboxylic acid groups (broad SMARTS) is 1. The van der Waals surface area contributed by atoms with E-state index in [1.807, 2.05) is 36.4 Å². The van der Waals surface area contributed by atoms with Crippen LogP contribution in [0.15, 0.2) is 58.7 Å². The maximum atomic E-state index is 11.7. The lowest BCUT2D eigenvalue weighted by atomic mass is 10.2. The highest BCUT2D eigenvalue weighted by Gasteiger charge is 2.32. The van der Waals surface area contributed by atoms with Crippen LogP contribution in [-0.4, -0.2) is 33.6 Å². The van der Waals surface area contributed by atoms with Crippen LogP contribution >= 0.6 is 23.4 Å². The number of benzene rings is 2. The van der Waals surface area contributed by atoms with Crippen LogP contribution in [0.5, 0.6) is 5.75 Å². The molecule has 144 valence electrons. The minimum atomic E-state index is -1.04. The molecule has 9 heteroatoms. The predicted octanol–water partition coefficient (Wildman–Crippen LogP) is 3.32. The number of amidine groups is 1. The van der Waals surface area contributed by atoms with Crippen LogP contribution in [0.25, 0.3) is 0 Å². The van der Waals surface area contributed by atoms with Crippen LogP contribution in [0.4, 0.5) is 0 Å². The average Bonchev–Trinajstić information content (AvgIpc) is 3.00. The van der Waals surface area contributed by atoms with Gasteiger partial charge in [-0.3, -0.25) is 9.59 Å². The second kappa shape index (κ2) is 9.38. The van der Waals surface area contributed by atoms with Gasteiger partial charge in [-0.2, -0.15) is 5.10 Å². The Morgan fingerprint density at radius 3 is 2.79 bits per heavy atom. The van der Waals surface area contributed by atoms with Gasteiger partial charge in [-0.05, 0) is 18.2 Å². The van der Waals surface area contributed by atoms with E-state index in [9.17, 15) is 9.59 Å². The summed E-state index contributed by atoms with van der Waals surface area (Å²) in [6.07, 6.45) is 1.24. The Morgan fingerprint density at radius 1 is 1.25 bits per heavy atom. The maximum Gasteiger partial charge on any atom is 0.305 e. The molecule has 1 aliphatic heterocycles. The van der Waals surface area contributed by atoms with E-state index < -0.39 is 11.2 Å². The Hall–Kier alpha value is -2.84. The maximum absolute atomic E-state index is 11.7. The summed E-state index contributed by atoms with van der Waals surface area (Å²) in [7, 11) is 0. The van der Waals surface area contributed by atoms with Crippen molar-refractivity contribution in [3.63, 3.8) is 0 Å². The van der Waals surface area contributed by atoms with Gasteiger partial charge in [0.25, 0.3) is 0 Å². The Balaban J connectivity index is 1.65. The summed E-state index contributed by atoms with van der Waals surface area (Å²) >= 11 is 7.19. The van der Waals surface area contributed by atoms with Gasteiger partial charge in [0.1, 0.15) is 17.6 Å². The summed E-state index contributed by atoms with van der Waals surface area (Å²) in [5.41, 5.74) is 1.57. The molecule has 1 saturated heterocycles. The number of carboxylic acids is 1. The van der Waals surface area contributed by atoms with Crippen molar-refractivity contribution >= 4 is 46.6 Å². The van der Waals surface area contributed by atoms with Crippen LogP contribution in [0, 0.1) is 0 Å². The number of aliphatic carboxylic acids is 1. The fraction of sp³-hybridized carbons (Fsp3) is 0.158. The van der Waals surface area contributed by atoms with Gasteiger partial charge in [-0.25, -0.2) is 0 Å². The van der Waals surface area contributed by atoms with E-state index in [4.69, 9.17) is 21.4 Å². The summed E-state index contributed by atoms with van der Waals surface area (Å²) in [5, 5.41) is 19.4. The molecule has 0 radical (unpaired) electrons. The number of carbonyl (C=O) groups is 2. The normalized spacial score (nSPS) is 17.8. The third-order valence-electron chi connectivity index (χ3n) is 3.74. The summed E-state index contributed by atoms with van der Waals surface area (Å²) in [5.74, 6) is -0.815. The molecule has 1 aliphatic rings. The van der Waals surface area contributed by atoms with Crippen molar-refractivity contribution in [2.75, 3.05) is 0 Å². The molecule has 1 atom stereocenters. The molecule has 1 fully saturated rings. The van der Waals surface area contributed by atoms with Crippen molar-refractivity contribution < 1.29 is 19.4 Å². The van der Waals surface area contributed by atoms with Gasteiger partial charge in [0.05, 0.1) is 12.6 Å². The van der Waals surface area contributed by atoms with Gasteiger partial charge in [0.15, 0.2) is 5.17 Å². The number of nitrogens with zero attached hydrogens (tertiary/aromatic N) is 2. The number of carbonyl (C=O) groups excluding carboxylic acids is 1. The molecular formula is C19H16ClN3O4S. The van der Waals surface area contributed by atoms with E-state index in [-0.39, 0.29) is 17.5 Å². The van der Waals surface area contributed by atoms with Gasteiger partial charge in [-0.1, -0.05) is 53.7 Å². The molecule has 7 nitrogen and oxygen atoms in total. The van der Waals surface area contributed by atoms with E-state index in [0.29, 0.717) is 22.9 Å². The van der Waals surface area contributed by atoms with Gasteiger partial charge >= 0.3 is 5.97 Å². The van der Waals surface area contributed by atoms with E-state index in [0.717, 1.165) is 17.3 Å². The van der Waals surface area contributed by atoms with Crippen LogP contribution in [0.1, 0.15) is 17.5 Å². The molecule has 2 aromatic rings. The van der Waals surface area contributed by atoms with Crippen molar-refractivity contribution in [1.82, 2.24) is 5.32 Å². The van der Waals surface area contributed by atoms with E-state index in [1.165, 1.54) is 6.21 Å². The first kappa shape index (κ1) is 19.9. The fourth-order valence-electron chi connectivity index (χ4n) is 2.38. The summed E-state index contributed by atoms with van der Waals surface area (Å²) in [6.45, 7) is 0.307. The van der Waals surface area contributed by atoms with E-state index >= 15 is 0 Å². The first-order chi connectivity index (χ1) is 13.5. The quantitative estimate of drug-likeness (QED) is 0.531. The first-order valence-electron chi connectivity index (χ1n) is 8.28. The SMILES string of the molecule is O=C(O)C[C@H]1S/C(=N\N=C/c2ccccc2OCc2ccccc2Cl)NC1=O. The molecule has 3 rings (SSSR count). The smallest absolute Gasteiger partial charge is 0.305 e. The average molecular weight is 418 g/mol. The highest BCUT2D eigenvalue weighted by atomic mass is 35.5. The lowest BCUT2D eigenvalue weighted by Crippen LogP contribution is -2.26. The topological polar surface area (TPSA) is 100 Å². The van der Waals surface area contributed by atoms with E-state index in [2.05, 4.69) is 15.5 Å². The number of thioether (sulfide) groups is 1. The molecular weight excluding hydrogens is 402 g/mol. The highest BCUT2D eigenvalue weighted by Crippen LogP contribution is 2.23. The van der Waals surface area contributed by atoms with Crippen molar-refractivity contribution in [3.05, 3.63) is 64.7 Å². The van der Waals surface area contributed by atoms with E-state index in [1.54, 1.807) is 12.1 Å². The Bertz CT molecular complexity index is 948. The number of para-hydroxylation sites is 1. The number of amides is 1. The summed E-state index contributed by atoms with van der Waals surface area (Å²) in [6, 6.07) is 14.7. The van der Waals surface area contributed by atoms with Gasteiger partial charge in [-0.15, -0.1) is 5.10 Å². The Kier molecular flexibility index (Phi) is 6.67. The molecule has 0 aromatic heterocycles. The lowest BCUT2D eigenvalue weighted by molar-refractivity contribution is -0.138. The van der Waals surface area contributed by atoms with Crippen LogP contribution < -0.4 is 10.1 Å². The third kappa shape index (κ3) is 5.34. The fourth-order valence-corrected chi connectivity index (χ4v) is 3.48. The van der Waals surface area contributed by atoms with Gasteiger partial charge in [0.2, 0.25) is 5.91 Å². The van der Waals surface area contributed by atoms with Gasteiger partial charge < -0.3 is 15.2 Å². The lowest BCUT2D eigenvalue weighted by Gasteiger charge is -2.09. The highest BCUT2D eigenvalue weighted by molar-refractivity contribution is 8.15. The number of ether oxygens (including phenoxy) is 1. The van der Waals surface area contributed by atoms with Crippen LogP contribution in [-0.2, 0) is 16.2 Å². The monoisotopic (exact) mass is 417 g/mol. The standard InChI is InChI=1S/C19H16ClN3O4S/c20-14-7-3-1-6-13(14)11-27-15-8-4-2-5-12(15)10-21-23-19-22-18(26)16(28-19)9-17(24)25/h1-8,10,16H,9,11H2,(H,24,25)(H,22,23,26)/b21-10-/t16-/m1/s1. The van der Waals surface area contributed by atoms with Crippen LogP contribution in [0.2, 0.25) is 5.02 Å². The largest absolute Gasteiger partial charge is 0.488 e. The molecule has 0 unspecified atom stereocenters. The number of halogens is 1. The molecule has 1 heterocycles. The predicted molar refractivity (Wildman–Crippen MR) is 109 cm³/mol. The zero-order chi connectivity index (χ0) is 19.9. The number of hydrogen-bond donors (Lipinski definition) is 2. The zero-order valence-corrected chi connectivity index (χ0v) is 16.1. The number of hydrogen-bond acceptors (Lipinski definition) is 6. The van der Waals surface area contributed by atoms with Crippen LogP contribution in [0.3, 0.4) is 0 Å². The summed E-state index contributed by atoms with van der Waals surface area (Å²) < 4.78 is 5.84. The van der Waals surface area contributed by atoms with Crippen molar-refractivity contribution in [2.24, 2.45) is 10.2 Å². The number of rotatable bonds is 7. The Labute approximate surface area is 170 Å². The molecule has 0 bridgehead atoms. The minimum absolute atomic E-state index is 0.266. The molecule has 0 aliphatic carbocycles. The summed E-state index contributed by atoms with van der Waals surface area (Å²) in [4.78, 5) is 22.4. The molecule has 2 N–H and O–H groups in total. The van der Waals surface area contributed by atoms with Gasteiger partial charge in [0, 0.05) is 16.1 Å². The minimum Gasteiger partial charge on any atom is -0.488 e. The number of nitrogens with one attached hydrogen (secondary N) is 1. The molecule has 0 spiro atoms. The Morgan fingerprint density at radius 2 is 2.00 bits per heavy atom. The van der Waals surface area contributed by atoms with Crippen molar-refractivity contribution in [1.29, 1.82) is 0 Å². The second-order valence-electron chi connectivity index (χ2n) is 5.76. The van der Waals surface area contributed by atoms with Crippen molar-refractivity contribution in [2.45, 2.75) is 18.3 Å². The molecule has 28 heavy (non-hydrogen) atoms. The third-order valence-corrected chi connectivity index (χ3v) is 5.18. The first-order valence-corrected chi connectivity index (χ1v) is 9.54. The second-order valence-corrected chi connectivity index (χ2v) is 7.36. The zero-order valence-electron chi connectivity index (χ0n) is 14.5. The molecule has 1 amide bonds. The molecule has 0 saturated carbocycles. The van der Waals surface area contributed by atoms with Crippen molar-refractivity contribution in [3.8, 4) is 5.75 Å².